The van der Waals surface area contributed by atoms with E-state index in [9.17, 15) is 0 Å². The predicted molar refractivity (Wildman–Crippen MR) is 111 cm³/mol. The van der Waals surface area contributed by atoms with E-state index in [1.54, 1.807) is 6.20 Å². The predicted octanol–water partition coefficient (Wildman–Crippen LogP) is 5.43. The van der Waals surface area contributed by atoms with E-state index >= 15 is 0 Å². The molecule has 0 unspecified atom stereocenters. The van der Waals surface area contributed by atoms with Gasteiger partial charge >= 0.3 is 0 Å². The minimum absolute atomic E-state index is 0.310. The van der Waals surface area contributed by atoms with Gasteiger partial charge < -0.3 is 9.80 Å². The molecule has 0 N–H and O–H groups in total. The van der Waals surface area contributed by atoms with E-state index < -0.39 is 6.98 Å². The first kappa shape index (κ1) is 13.5. The fraction of sp³-hybridized carbons (Fsp3) is 0.304. The lowest BCUT2D eigenvalue weighted by atomic mass is 10.0. The van der Waals surface area contributed by atoms with Crippen molar-refractivity contribution in [1.29, 1.82) is 0 Å². The number of anilines is 1. The minimum atomic E-state index is -2.18. The number of aryl methyl sites for hydroxylation is 4. The van der Waals surface area contributed by atoms with Gasteiger partial charge in [-0.3, -0.25) is 4.57 Å². The highest BCUT2D eigenvalue weighted by Gasteiger charge is 2.28. The lowest BCUT2D eigenvalue weighted by molar-refractivity contribution is 0.381. The number of nitrogens with zero attached hydrogens (tertiary/aromatic N) is 3. The SMILES string of the molecule is [2H]C([2H])([2H])N1C=CN(c2c(C)c3ccccc3n2-c2c(C)cc(C)cc2C)[C@H]1C. The molecule has 134 valence electrons. The molecule has 3 heteroatoms. The van der Waals surface area contributed by atoms with Gasteiger partial charge in [-0.25, -0.2) is 0 Å². The van der Waals surface area contributed by atoms with Crippen LogP contribution < -0.4 is 4.90 Å². The zero-order valence-electron chi connectivity index (χ0n) is 19.0. The molecule has 26 heavy (non-hydrogen) atoms. The number of rotatable bonds is 2. The molecule has 0 radical (unpaired) electrons. The van der Waals surface area contributed by atoms with Gasteiger partial charge in [0, 0.05) is 28.9 Å². The van der Waals surface area contributed by atoms with Crippen molar-refractivity contribution >= 4 is 16.7 Å². The van der Waals surface area contributed by atoms with Crippen molar-refractivity contribution in [3.05, 3.63) is 71.1 Å². The lowest BCUT2D eigenvalue weighted by Gasteiger charge is -2.29. The molecule has 2 heterocycles. The number of fused-ring (bicyclic) bond motifs is 1. The number of aromatic nitrogens is 1. The molecule has 3 aromatic rings. The number of hydrogen-bond acceptors (Lipinski definition) is 2. The van der Waals surface area contributed by atoms with Crippen LogP contribution in [0, 0.1) is 27.7 Å². The van der Waals surface area contributed by atoms with Gasteiger partial charge in [-0.2, -0.15) is 0 Å². The van der Waals surface area contributed by atoms with Crippen molar-refractivity contribution < 1.29 is 4.11 Å². The maximum absolute atomic E-state index is 7.86. The molecule has 0 fully saturated rings. The van der Waals surface area contributed by atoms with E-state index in [1.165, 1.54) is 27.0 Å². The first-order chi connectivity index (χ1) is 13.6. The molecule has 0 bridgehead atoms. The number of benzene rings is 2. The molecule has 0 amide bonds. The second-order valence-electron chi connectivity index (χ2n) is 7.29. The summed E-state index contributed by atoms with van der Waals surface area (Å²) in [7, 11) is 0. The highest BCUT2D eigenvalue weighted by Crippen LogP contribution is 2.39. The summed E-state index contributed by atoms with van der Waals surface area (Å²) in [4.78, 5) is 3.50. The Labute approximate surface area is 160 Å². The van der Waals surface area contributed by atoms with E-state index in [4.69, 9.17) is 4.11 Å². The fourth-order valence-electron chi connectivity index (χ4n) is 4.22. The van der Waals surface area contributed by atoms with Gasteiger partial charge in [0.2, 0.25) is 0 Å². The first-order valence-corrected chi connectivity index (χ1v) is 9.04. The van der Waals surface area contributed by atoms with E-state index in [0.29, 0.717) is 0 Å². The normalized spacial score (nSPS) is 19.1. The van der Waals surface area contributed by atoms with Crippen LogP contribution in [0.2, 0.25) is 0 Å². The summed E-state index contributed by atoms with van der Waals surface area (Å²) in [5.41, 5.74) is 7.07. The van der Waals surface area contributed by atoms with Gasteiger partial charge in [0.05, 0.1) is 11.2 Å². The quantitative estimate of drug-likeness (QED) is 0.611. The second kappa shape index (κ2) is 5.94. The third kappa shape index (κ3) is 2.34. The van der Waals surface area contributed by atoms with Gasteiger partial charge in [0.25, 0.3) is 0 Å². The van der Waals surface area contributed by atoms with Gasteiger partial charge in [-0.05, 0) is 57.4 Å². The van der Waals surface area contributed by atoms with Crippen molar-refractivity contribution in [3.63, 3.8) is 0 Å². The molecule has 0 aliphatic carbocycles. The van der Waals surface area contributed by atoms with Crippen LogP contribution in [0.4, 0.5) is 5.82 Å². The Balaban J connectivity index is 2.01. The van der Waals surface area contributed by atoms with Crippen LogP contribution in [-0.4, -0.2) is 22.6 Å². The van der Waals surface area contributed by atoms with E-state index in [2.05, 4.69) is 73.6 Å². The van der Waals surface area contributed by atoms with E-state index in [1.807, 2.05) is 13.1 Å². The number of hydrogen-bond donors (Lipinski definition) is 0. The van der Waals surface area contributed by atoms with Crippen molar-refractivity contribution in [2.45, 2.75) is 40.8 Å². The summed E-state index contributed by atoms with van der Waals surface area (Å²) in [6.45, 7) is 8.27. The molecule has 0 spiro atoms. The van der Waals surface area contributed by atoms with Gasteiger partial charge in [-0.15, -0.1) is 0 Å². The molecule has 1 aliphatic heterocycles. The summed E-state index contributed by atoms with van der Waals surface area (Å²) >= 11 is 0. The summed E-state index contributed by atoms with van der Waals surface area (Å²) in [5.74, 6) is 1.01. The monoisotopic (exact) mass is 348 g/mol. The zero-order valence-corrected chi connectivity index (χ0v) is 16.0. The summed E-state index contributed by atoms with van der Waals surface area (Å²) < 4.78 is 25.9. The smallest absolute Gasteiger partial charge is 0.123 e. The van der Waals surface area contributed by atoms with Crippen LogP contribution in [0.15, 0.2) is 48.8 Å². The molecule has 1 aliphatic rings. The maximum atomic E-state index is 7.86. The molecule has 3 nitrogen and oxygen atoms in total. The van der Waals surface area contributed by atoms with Crippen molar-refractivity contribution in [2.24, 2.45) is 0 Å². The molecule has 1 atom stereocenters. The Hall–Kier alpha value is -2.68. The molecule has 2 aromatic carbocycles. The van der Waals surface area contributed by atoms with Gasteiger partial charge in [0.1, 0.15) is 12.0 Å². The Kier molecular flexibility index (Phi) is 3.09. The standard InChI is InChI=1S/C23H27N3/c1-15-13-16(2)22(17(3)14-15)26-21-10-8-7-9-20(21)18(4)23(26)25-12-11-24(6)19(25)5/h7-14,19H,1-6H3/t19-/m0/s1/i6D3. The average Bonchev–Trinajstić information content (AvgIpc) is 3.13. The van der Waals surface area contributed by atoms with E-state index in [-0.39, 0.29) is 6.17 Å². The Morgan fingerprint density at radius 1 is 0.962 bits per heavy atom. The van der Waals surface area contributed by atoms with Crippen LogP contribution in [0.5, 0.6) is 0 Å². The molecule has 4 rings (SSSR count). The van der Waals surface area contributed by atoms with Gasteiger partial charge in [0.15, 0.2) is 0 Å². The third-order valence-electron chi connectivity index (χ3n) is 5.39. The Bertz CT molecular complexity index is 1100. The molecule has 1 aromatic heterocycles. The first-order valence-electron chi connectivity index (χ1n) is 10.5. The molecule has 0 saturated heterocycles. The summed E-state index contributed by atoms with van der Waals surface area (Å²) in [6, 6.07) is 12.8. The molecular weight excluding hydrogens is 318 g/mol. The van der Waals surface area contributed by atoms with Gasteiger partial charge in [-0.1, -0.05) is 35.9 Å². The van der Waals surface area contributed by atoms with Crippen molar-refractivity contribution in [2.75, 3.05) is 11.9 Å². The maximum Gasteiger partial charge on any atom is 0.123 e. The summed E-state index contributed by atoms with van der Waals surface area (Å²) in [6.07, 6.45) is 3.25. The van der Waals surface area contributed by atoms with Crippen LogP contribution in [0.1, 0.15) is 33.3 Å². The Morgan fingerprint density at radius 3 is 2.31 bits per heavy atom. The van der Waals surface area contributed by atoms with Crippen LogP contribution in [-0.2, 0) is 0 Å². The van der Waals surface area contributed by atoms with E-state index in [0.717, 1.165) is 22.6 Å². The molecule has 0 saturated carbocycles. The third-order valence-corrected chi connectivity index (χ3v) is 5.39. The highest BCUT2D eigenvalue weighted by atomic mass is 15.4. The fourth-order valence-corrected chi connectivity index (χ4v) is 4.22. The van der Waals surface area contributed by atoms with Crippen LogP contribution >= 0.6 is 0 Å². The lowest BCUT2D eigenvalue weighted by Crippen LogP contribution is -2.35. The largest absolute Gasteiger partial charge is 0.359 e. The average molecular weight is 349 g/mol. The minimum Gasteiger partial charge on any atom is -0.359 e. The zero-order chi connectivity index (χ0) is 21.1. The van der Waals surface area contributed by atoms with Crippen molar-refractivity contribution in [3.8, 4) is 5.69 Å². The second-order valence-corrected chi connectivity index (χ2v) is 7.29. The summed E-state index contributed by atoms with van der Waals surface area (Å²) in [5, 5.41) is 1.18. The van der Waals surface area contributed by atoms with Crippen LogP contribution in [0.3, 0.4) is 0 Å². The van der Waals surface area contributed by atoms with Crippen LogP contribution in [0.25, 0.3) is 16.6 Å². The highest BCUT2D eigenvalue weighted by molar-refractivity contribution is 5.92. The Morgan fingerprint density at radius 2 is 1.65 bits per heavy atom. The molecular formula is C23H27N3. The number of para-hydroxylation sites is 1. The topological polar surface area (TPSA) is 11.4 Å². The van der Waals surface area contributed by atoms with Crippen molar-refractivity contribution in [1.82, 2.24) is 9.47 Å².